The van der Waals surface area contributed by atoms with Crippen molar-refractivity contribution in [2.45, 2.75) is 0 Å². The van der Waals surface area contributed by atoms with Crippen molar-refractivity contribution in [3.63, 3.8) is 0 Å². The first-order valence-electron chi connectivity index (χ1n) is 13.1. The van der Waals surface area contributed by atoms with Gasteiger partial charge in [-0.05, 0) is 109 Å². The number of fused-ring (bicyclic) bond motifs is 1. The summed E-state index contributed by atoms with van der Waals surface area (Å²) in [6.07, 6.45) is 0. The molecule has 42 heavy (non-hydrogen) atoms. The van der Waals surface area contributed by atoms with Crippen molar-refractivity contribution >= 4 is 45.5 Å². The summed E-state index contributed by atoms with van der Waals surface area (Å²) in [6, 6.07) is 39.2. The zero-order valence-corrected chi connectivity index (χ0v) is 23.6. The second-order valence-corrected chi connectivity index (χ2v) is 10.4. The molecule has 6 aromatic carbocycles. The molecule has 0 amide bonds. The molecule has 0 aliphatic rings. The number of carbonyl (C=O) groups excluding carboxylic acids is 2. The molecule has 0 N–H and O–H groups in total. The normalized spacial score (nSPS) is 10.8. The molecule has 6 aromatic rings. The number of hydrogen-bond donors (Lipinski definition) is 0. The molecule has 204 valence electrons. The van der Waals surface area contributed by atoms with Crippen LogP contribution in [0.4, 0.5) is 0 Å². The van der Waals surface area contributed by atoms with Gasteiger partial charge in [-0.25, -0.2) is 0 Å². The second kappa shape index (κ2) is 11.9. The summed E-state index contributed by atoms with van der Waals surface area (Å²) in [5, 5.41) is 2.90. The smallest absolute Gasteiger partial charge is 0.193 e. The predicted molar refractivity (Wildman–Crippen MR) is 167 cm³/mol. The molecule has 0 radical (unpaired) electrons. The molecule has 0 heterocycles. The summed E-state index contributed by atoms with van der Waals surface area (Å²) in [6.45, 7) is 0. The summed E-state index contributed by atoms with van der Waals surface area (Å²) in [5.74, 6) is 2.32. The van der Waals surface area contributed by atoms with Crippen LogP contribution in [0.25, 0.3) is 10.8 Å². The second-order valence-electron chi connectivity index (χ2n) is 9.53. The van der Waals surface area contributed by atoms with Gasteiger partial charge in [-0.15, -0.1) is 0 Å². The molecular formula is C36H22Cl2O4. The topological polar surface area (TPSA) is 52.6 Å². The molecule has 0 unspecified atom stereocenters. The van der Waals surface area contributed by atoms with Crippen LogP contribution in [-0.2, 0) is 0 Å². The van der Waals surface area contributed by atoms with Crippen LogP contribution in [0, 0.1) is 0 Å². The van der Waals surface area contributed by atoms with Gasteiger partial charge in [0.15, 0.2) is 11.6 Å². The molecule has 0 spiro atoms. The zero-order chi connectivity index (χ0) is 29.1. The molecule has 0 aliphatic carbocycles. The number of rotatable bonds is 8. The van der Waals surface area contributed by atoms with Gasteiger partial charge in [0.2, 0.25) is 0 Å². The summed E-state index contributed by atoms with van der Waals surface area (Å²) < 4.78 is 12.4. The molecule has 0 atom stereocenters. The highest BCUT2D eigenvalue weighted by molar-refractivity contribution is 6.31. The van der Waals surface area contributed by atoms with Gasteiger partial charge in [-0.1, -0.05) is 47.5 Å². The minimum Gasteiger partial charge on any atom is -0.457 e. The number of ketones is 2. The maximum atomic E-state index is 12.8. The Hall–Kier alpha value is -4.90. The highest BCUT2D eigenvalue weighted by atomic mass is 35.5. The summed E-state index contributed by atoms with van der Waals surface area (Å²) in [7, 11) is 0. The Balaban J connectivity index is 1.19. The van der Waals surface area contributed by atoms with Crippen molar-refractivity contribution in [1.82, 2.24) is 0 Å². The third-order valence-electron chi connectivity index (χ3n) is 6.75. The van der Waals surface area contributed by atoms with E-state index >= 15 is 0 Å². The molecule has 0 saturated carbocycles. The molecule has 0 fully saturated rings. The van der Waals surface area contributed by atoms with E-state index < -0.39 is 0 Å². The first-order chi connectivity index (χ1) is 20.4. The van der Waals surface area contributed by atoms with Crippen molar-refractivity contribution in [2.75, 3.05) is 0 Å². The fraction of sp³-hybridized carbons (Fsp3) is 0. The zero-order valence-electron chi connectivity index (χ0n) is 22.1. The summed E-state index contributed by atoms with van der Waals surface area (Å²) in [4.78, 5) is 25.6. The van der Waals surface area contributed by atoms with E-state index in [0.29, 0.717) is 55.3 Å². The van der Waals surface area contributed by atoms with Crippen LogP contribution in [0.5, 0.6) is 23.0 Å². The van der Waals surface area contributed by atoms with E-state index in [9.17, 15) is 9.59 Å². The first-order valence-corrected chi connectivity index (χ1v) is 13.9. The lowest BCUT2D eigenvalue weighted by molar-refractivity contribution is 0.103. The van der Waals surface area contributed by atoms with Crippen LogP contribution in [-0.4, -0.2) is 11.6 Å². The molecule has 0 saturated heterocycles. The standard InChI is InChI=1S/C36H22Cl2O4/c37-27-13-5-23(6-14-27)35(39)25-9-17-29(18-10-25)41-33-21-22-34(32-4-2-1-3-31(32)33)42-30-19-11-26(12-20-30)36(40)24-7-15-28(38)16-8-24/h1-22H. The number of benzene rings is 6. The Morgan fingerprint density at radius 3 is 1.05 bits per heavy atom. The Kier molecular flexibility index (Phi) is 7.74. The fourth-order valence-corrected chi connectivity index (χ4v) is 4.81. The van der Waals surface area contributed by atoms with E-state index in [0.717, 1.165) is 10.8 Å². The van der Waals surface area contributed by atoms with E-state index in [4.69, 9.17) is 32.7 Å². The van der Waals surface area contributed by atoms with Crippen LogP contribution >= 0.6 is 23.2 Å². The van der Waals surface area contributed by atoms with Gasteiger partial charge < -0.3 is 9.47 Å². The van der Waals surface area contributed by atoms with Gasteiger partial charge in [0.25, 0.3) is 0 Å². The van der Waals surface area contributed by atoms with E-state index in [1.807, 2.05) is 36.4 Å². The van der Waals surface area contributed by atoms with E-state index in [-0.39, 0.29) is 11.6 Å². The van der Waals surface area contributed by atoms with E-state index in [2.05, 4.69) is 0 Å². The molecule has 0 aliphatic heterocycles. The quantitative estimate of drug-likeness (QED) is 0.166. The van der Waals surface area contributed by atoms with E-state index in [1.165, 1.54) is 0 Å². The molecule has 0 aromatic heterocycles. The largest absolute Gasteiger partial charge is 0.457 e. The minimum atomic E-state index is -0.0902. The summed E-state index contributed by atoms with van der Waals surface area (Å²) >= 11 is 11.9. The number of hydrogen-bond acceptors (Lipinski definition) is 4. The molecule has 6 heteroatoms. The predicted octanol–water partition coefficient (Wildman–Crippen LogP) is 10.2. The average molecular weight is 589 g/mol. The number of ether oxygens (including phenoxy) is 2. The first kappa shape index (κ1) is 27.3. The molecular weight excluding hydrogens is 567 g/mol. The maximum Gasteiger partial charge on any atom is 0.193 e. The summed E-state index contributed by atoms with van der Waals surface area (Å²) in [5.41, 5.74) is 2.24. The Morgan fingerprint density at radius 2 is 0.714 bits per heavy atom. The maximum absolute atomic E-state index is 12.8. The monoisotopic (exact) mass is 588 g/mol. The number of carbonyl (C=O) groups is 2. The van der Waals surface area contributed by atoms with Gasteiger partial charge >= 0.3 is 0 Å². The lowest BCUT2D eigenvalue weighted by atomic mass is 10.0. The number of halogens is 2. The Bertz CT molecular complexity index is 1750. The highest BCUT2D eigenvalue weighted by Gasteiger charge is 2.13. The van der Waals surface area contributed by atoms with Gasteiger partial charge in [0.05, 0.1) is 0 Å². The SMILES string of the molecule is O=C(c1ccc(Cl)cc1)c1ccc(Oc2ccc(Oc3ccc(C(=O)c4ccc(Cl)cc4)cc3)c3ccccc23)cc1. The van der Waals surface area contributed by atoms with Crippen molar-refractivity contribution in [3.8, 4) is 23.0 Å². The third-order valence-corrected chi connectivity index (χ3v) is 7.25. The van der Waals surface area contributed by atoms with E-state index in [1.54, 1.807) is 97.1 Å². The molecule has 6 rings (SSSR count). The van der Waals surface area contributed by atoms with Crippen molar-refractivity contribution in [1.29, 1.82) is 0 Å². The van der Waals surface area contributed by atoms with Crippen LogP contribution in [0.1, 0.15) is 31.8 Å². The Labute approximate surface area is 252 Å². The van der Waals surface area contributed by atoms with Crippen molar-refractivity contribution in [3.05, 3.63) is 166 Å². The van der Waals surface area contributed by atoms with Crippen LogP contribution < -0.4 is 9.47 Å². The van der Waals surface area contributed by atoms with Gasteiger partial charge in [-0.3, -0.25) is 9.59 Å². The van der Waals surface area contributed by atoms with Crippen molar-refractivity contribution in [2.24, 2.45) is 0 Å². The van der Waals surface area contributed by atoms with Crippen LogP contribution in [0.3, 0.4) is 0 Å². The van der Waals surface area contributed by atoms with Gasteiger partial charge in [-0.2, -0.15) is 0 Å². The fourth-order valence-electron chi connectivity index (χ4n) is 4.56. The van der Waals surface area contributed by atoms with Crippen LogP contribution in [0.15, 0.2) is 133 Å². The molecule has 0 bridgehead atoms. The Morgan fingerprint density at radius 1 is 0.405 bits per heavy atom. The van der Waals surface area contributed by atoms with Gasteiger partial charge in [0.1, 0.15) is 23.0 Å². The lowest BCUT2D eigenvalue weighted by Crippen LogP contribution is -2.00. The molecule has 4 nitrogen and oxygen atoms in total. The average Bonchev–Trinajstić information content (AvgIpc) is 3.03. The lowest BCUT2D eigenvalue weighted by Gasteiger charge is -2.14. The third kappa shape index (κ3) is 5.91. The van der Waals surface area contributed by atoms with Crippen LogP contribution in [0.2, 0.25) is 10.0 Å². The minimum absolute atomic E-state index is 0.0902. The van der Waals surface area contributed by atoms with Gasteiger partial charge in [0, 0.05) is 43.1 Å². The van der Waals surface area contributed by atoms with Crippen molar-refractivity contribution < 1.29 is 19.1 Å². The highest BCUT2D eigenvalue weighted by Crippen LogP contribution is 2.37.